The molecule has 0 aromatic heterocycles. The van der Waals surface area contributed by atoms with E-state index in [4.69, 9.17) is 0 Å². The van der Waals surface area contributed by atoms with E-state index in [1.165, 1.54) is 0 Å². The molecule has 1 saturated heterocycles. The molecule has 0 atom stereocenters. The molecular weight excluding hydrogens is 328 g/mol. The van der Waals surface area contributed by atoms with Crippen LogP contribution in [0.5, 0.6) is 0 Å². The maximum Gasteiger partial charge on any atom is 0.416 e. The first-order valence-electron chi connectivity index (χ1n) is 6.75. The zero-order valence-electron chi connectivity index (χ0n) is 11.7. The zero-order chi connectivity index (χ0) is 17.4. The predicted octanol–water partition coefficient (Wildman–Crippen LogP) is 3.32. The number of halogens is 6. The Bertz CT molecular complexity index is 556. The molecular formula is C14H13F6NO2. The molecule has 0 aliphatic carbocycles. The Labute approximate surface area is 127 Å². The number of aliphatic hydroxyl groups excluding tert-OH is 1. The summed E-state index contributed by atoms with van der Waals surface area (Å²) < 4.78 is 76.6. The van der Waals surface area contributed by atoms with Crippen molar-refractivity contribution in [2.45, 2.75) is 31.3 Å². The number of rotatable bonds is 1. The Morgan fingerprint density at radius 2 is 1.39 bits per heavy atom. The molecule has 1 heterocycles. The van der Waals surface area contributed by atoms with Crippen LogP contribution >= 0.6 is 0 Å². The van der Waals surface area contributed by atoms with E-state index in [1.54, 1.807) is 0 Å². The van der Waals surface area contributed by atoms with Crippen molar-refractivity contribution in [3.63, 3.8) is 0 Å². The first-order valence-corrected chi connectivity index (χ1v) is 6.75. The van der Waals surface area contributed by atoms with Crippen molar-refractivity contribution in [2.24, 2.45) is 0 Å². The van der Waals surface area contributed by atoms with Gasteiger partial charge in [0.1, 0.15) is 0 Å². The topological polar surface area (TPSA) is 40.5 Å². The Morgan fingerprint density at radius 3 is 1.78 bits per heavy atom. The van der Waals surface area contributed by atoms with E-state index < -0.39 is 41.1 Å². The third-order valence-electron chi connectivity index (χ3n) is 3.59. The number of hydrogen-bond donors (Lipinski definition) is 1. The number of alkyl halides is 6. The van der Waals surface area contributed by atoms with Crippen molar-refractivity contribution in [1.82, 2.24) is 4.90 Å². The molecule has 0 unspecified atom stereocenters. The third-order valence-corrected chi connectivity index (χ3v) is 3.59. The molecule has 1 fully saturated rings. The number of benzene rings is 1. The van der Waals surface area contributed by atoms with Gasteiger partial charge in [-0.15, -0.1) is 0 Å². The lowest BCUT2D eigenvalue weighted by atomic mass is 10.0. The van der Waals surface area contributed by atoms with Crippen molar-refractivity contribution in [3.05, 3.63) is 34.9 Å². The largest absolute Gasteiger partial charge is 0.416 e. The first-order chi connectivity index (χ1) is 10.5. The zero-order valence-corrected chi connectivity index (χ0v) is 11.7. The fourth-order valence-corrected chi connectivity index (χ4v) is 2.33. The van der Waals surface area contributed by atoms with Gasteiger partial charge in [-0.05, 0) is 31.0 Å². The summed E-state index contributed by atoms with van der Waals surface area (Å²) in [4.78, 5) is 13.3. The van der Waals surface area contributed by atoms with Crippen molar-refractivity contribution in [2.75, 3.05) is 13.1 Å². The van der Waals surface area contributed by atoms with Crippen LogP contribution in [0.15, 0.2) is 18.2 Å². The van der Waals surface area contributed by atoms with E-state index in [9.17, 15) is 36.2 Å². The minimum atomic E-state index is -4.99. The molecule has 0 spiro atoms. The minimum absolute atomic E-state index is 0.0171. The summed E-state index contributed by atoms with van der Waals surface area (Å²) >= 11 is 0. The van der Waals surface area contributed by atoms with Crippen LogP contribution in [0, 0.1) is 0 Å². The lowest BCUT2D eigenvalue weighted by molar-refractivity contribution is -0.143. The molecule has 1 amide bonds. The summed E-state index contributed by atoms with van der Waals surface area (Å²) in [5.41, 5.74) is -3.70. The fourth-order valence-electron chi connectivity index (χ4n) is 2.33. The number of carbonyl (C=O) groups excluding carboxylic acids is 1. The van der Waals surface area contributed by atoms with Gasteiger partial charge in [0.2, 0.25) is 0 Å². The van der Waals surface area contributed by atoms with E-state index in [0.717, 1.165) is 4.90 Å². The Hall–Kier alpha value is -1.77. The molecule has 9 heteroatoms. The van der Waals surface area contributed by atoms with Gasteiger partial charge in [-0.1, -0.05) is 0 Å². The van der Waals surface area contributed by atoms with Gasteiger partial charge in [-0.25, -0.2) is 0 Å². The highest BCUT2D eigenvalue weighted by Crippen LogP contribution is 2.36. The molecule has 1 aliphatic heterocycles. The van der Waals surface area contributed by atoms with Crippen LogP contribution in [0.1, 0.15) is 34.3 Å². The maximum absolute atomic E-state index is 12.8. The molecule has 1 aromatic carbocycles. The number of carbonyl (C=O) groups is 1. The summed E-state index contributed by atoms with van der Waals surface area (Å²) in [6.07, 6.45) is -10.1. The van der Waals surface area contributed by atoms with Crippen LogP contribution in [0.3, 0.4) is 0 Å². The van der Waals surface area contributed by atoms with Crippen LogP contribution in [0.4, 0.5) is 26.3 Å². The number of piperidine rings is 1. The van der Waals surface area contributed by atoms with Crippen molar-refractivity contribution in [1.29, 1.82) is 0 Å². The number of nitrogens with zero attached hydrogens (tertiary/aromatic N) is 1. The Morgan fingerprint density at radius 1 is 0.957 bits per heavy atom. The van der Waals surface area contributed by atoms with Gasteiger partial charge in [0.15, 0.2) is 0 Å². The minimum Gasteiger partial charge on any atom is -0.393 e. The van der Waals surface area contributed by atoms with Crippen molar-refractivity contribution >= 4 is 5.91 Å². The van der Waals surface area contributed by atoms with Crippen LogP contribution in [0.2, 0.25) is 0 Å². The number of hydrogen-bond acceptors (Lipinski definition) is 2. The maximum atomic E-state index is 12.8. The Balaban J connectivity index is 2.39. The second-order valence-electron chi connectivity index (χ2n) is 5.32. The summed E-state index contributed by atoms with van der Waals surface area (Å²) in [5.74, 6) is -0.909. The van der Waals surface area contributed by atoms with Gasteiger partial charge in [0, 0.05) is 18.7 Å². The number of likely N-dealkylation sites (tertiary alicyclic amines) is 1. The lowest BCUT2D eigenvalue weighted by Gasteiger charge is -2.30. The lowest BCUT2D eigenvalue weighted by Crippen LogP contribution is -2.40. The van der Waals surface area contributed by atoms with Crippen LogP contribution in [-0.2, 0) is 12.4 Å². The standard InChI is InChI=1S/C14H13F6NO2/c15-13(16,17)9-5-8(6-10(7-9)14(18,19)20)12(23)21-3-1-11(22)2-4-21/h5-7,11,22H,1-4H2. The summed E-state index contributed by atoms with van der Waals surface area (Å²) in [7, 11) is 0. The molecule has 0 radical (unpaired) electrons. The fraction of sp³-hybridized carbons (Fsp3) is 0.500. The average molecular weight is 341 g/mol. The number of amides is 1. The smallest absolute Gasteiger partial charge is 0.393 e. The van der Waals surface area contributed by atoms with Crippen LogP contribution < -0.4 is 0 Å². The van der Waals surface area contributed by atoms with Gasteiger partial charge in [-0.3, -0.25) is 4.79 Å². The molecule has 128 valence electrons. The predicted molar refractivity (Wildman–Crippen MR) is 67.6 cm³/mol. The van der Waals surface area contributed by atoms with Gasteiger partial charge in [-0.2, -0.15) is 26.3 Å². The molecule has 1 aliphatic rings. The molecule has 3 nitrogen and oxygen atoms in total. The highest BCUT2D eigenvalue weighted by Gasteiger charge is 2.38. The van der Waals surface area contributed by atoms with Crippen LogP contribution in [0.25, 0.3) is 0 Å². The van der Waals surface area contributed by atoms with Gasteiger partial charge in [0.05, 0.1) is 17.2 Å². The summed E-state index contributed by atoms with van der Waals surface area (Å²) in [5, 5.41) is 9.35. The van der Waals surface area contributed by atoms with E-state index in [0.29, 0.717) is 12.1 Å². The van der Waals surface area contributed by atoms with Gasteiger partial charge >= 0.3 is 12.4 Å². The monoisotopic (exact) mass is 341 g/mol. The van der Waals surface area contributed by atoms with Crippen molar-refractivity contribution < 1.29 is 36.2 Å². The quantitative estimate of drug-likeness (QED) is 0.796. The molecule has 2 rings (SSSR count). The SMILES string of the molecule is O=C(c1cc(C(F)(F)F)cc(C(F)(F)F)c1)N1CCC(O)CC1. The van der Waals surface area contributed by atoms with E-state index >= 15 is 0 Å². The van der Waals surface area contributed by atoms with Crippen molar-refractivity contribution in [3.8, 4) is 0 Å². The first kappa shape index (κ1) is 17.6. The summed E-state index contributed by atoms with van der Waals surface area (Å²) in [6.45, 7) is 0.162. The van der Waals surface area contributed by atoms with Gasteiger partial charge in [0.25, 0.3) is 5.91 Å². The molecule has 1 aromatic rings. The molecule has 1 N–H and O–H groups in total. The van der Waals surface area contributed by atoms with Gasteiger partial charge < -0.3 is 10.0 Å². The van der Waals surface area contributed by atoms with Crippen LogP contribution in [-0.4, -0.2) is 35.1 Å². The third kappa shape index (κ3) is 4.15. The normalized spacial score (nSPS) is 17.4. The highest BCUT2D eigenvalue weighted by atomic mass is 19.4. The van der Waals surface area contributed by atoms with E-state index in [-0.39, 0.29) is 32.0 Å². The molecule has 0 bridgehead atoms. The van der Waals surface area contributed by atoms with E-state index in [1.807, 2.05) is 0 Å². The molecule has 23 heavy (non-hydrogen) atoms. The number of aliphatic hydroxyl groups is 1. The van der Waals surface area contributed by atoms with E-state index in [2.05, 4.69) is 0 Å². The highest BCUT2D eigenvalue weighted by molar-refractivity contribution is 5.94. The second kappa shape index (κ2) is 6.03. The summed E-state index contributed by atoms with van der Waals surface area (Å²) in [6, 6.07) is 0.821. The second-order valence-corrected chi connectivity index (χ2v) is 5.32. The molecule has 0 saturated carbocycles. The average Bonchev–Trinajstić information content (AvgIpc) is 2.45. The Kier molecular flexibility index (Phi) is 4.61.